The summed E-state index contributed by atoms with van der Waals surface area (Å²) in [5.41, 5.74) is 10.8. The van der Waals surface area contributed by atoms with Crippen LogP contribution in [0.4, 0.5) is 5.69 Å². The second-order valence-corrected chi connectivity index (χ2v) is 6.04. The zero-order valence-electron chi connectivity index (χ0n) is 12.5. The Hall–Kier alpha value is -1.52. The molecule has 21 heavy (non-hydrogen) atoms. The highest BCUT2D eigenvalue weighted by molar-refractivity contribution is 6.31. The molecule has 0 radical (unpaired) electrons. The summed E-state index contributed by atoms with van der Waals surface area (Å²) in [6, 6.07) is 8.62. The highest BCUT2D eigenvalue weighted by Crippen LogP contribution is 2.30. The first-order valence-corrected chi connectivity index (χ1v) is 7.76. The summed E-state index contributed by atoms with van der Waals surface area (Å²) in [5, 5.41) is 5.28. The molecule has 1 atom stereocenters. The van der Waals surface area contributed by atoms with Crippen molar-refractivity contribution in [2.45, 2.75) is 32.4 Å². The number of nitrogens with two attached hydrogens (primary N) is 1. The van der Waals surface area contributed by atoms with Crippen LogP contribution in [0, 0.1) is 0 Å². The van der Waals surface area contributed by atoms with Crippen LogP contribution < -0.4 is 10.6 Å². The molecule has 1 aliphatic heterocycles. The van der Waals surface area contributed by atoms with Crippen LogP contribution in [-0.4, -0.2) is 22.4 Å². The van der Waals surface area contributed by atoms with E-state index in [9.17, 15) is 0 Å². The summed E-state index contributed by atoms with van der Waals surface area (Å²) in [6.45, 7) is 3.66. The molecule has 4 nitrogen and oxygen atoms in total. The Balaban J connectivity index is 1.94. The molecule has 3 rings (SSSR count). The molecule has 2 heterocycles. The molecule has 0 saturated carbocycles. The number of benzene rings is 1. The van der Waals surface area contributed by atoms with Crippen molar-refractivity contribution in [3.8, 4) is 0 Å². The first-order chi connectivity index (χ1) is 10.1. The lowest BCUT2D eigenvalue weighted by Gasteiger charge is -2.34. The van der Waals surface area contributed by atoms with E-state index in [0.717, 1.165) is 42.3 Å². The summed E-state index contributed by atoms with van der Waals surface area (Å²) in [6.07, 6.45) is 1.79. The van der Waals surface area contributed by atoms with Crippen LogP contribution in [0.5, 0.6) is 0 Å². The molecule has 1 aromatic carbocycles. The Morgan fingerprint density at radius 2 is 2.14 bits per heavy atom. The zero-order chi connectivity index (χ0) is 15.0. The molecule has 2 N–H and O–H groups in total. The number of hydrogen-bond acceptors (Lipinski definition) is 3. The van der Waals surface area contributed by atoms with E-state index >= 15 is 0 Å². The fourth-order valence-electron chi connectivity index (χ4n) is 3.04. The predicted molar refractivity (Wildman–Crippen MR) is 86.8 cm³/mol. The van der Waals surface area contributed by atoms with Crippen LogP contribution in [-0.2, 0) is 26.4 Å². The summed E-state index contributed by atoms with van der Waals surface area (Å²) < 4.78 is 1.89. The van der Waals surface area contributed by atoms with Gasteiger partial charge < -0.3 is 10.6 Å². The van der Waals surface area contributed by atoms with Gasteiger partial charge in [0.25, 0.3) is 0 Å². The van der Waals surface area contributed by atoms with Crippen molar-refractivity contribution in [1.29, 1.82) is 0 Å². The smallest absolute Gasteiger partial charge is 0.0868 e. The van der Waals surface area contributed by atoms with E-state index in [4.69, 9.17) is 17.3 Å². The van der Waals surface area contributed by atoms with Gasteiger partial charge in [0, 0.05) is 25.3 Å². The van der Waals surface area contributed by atoms with E-state index < -0.39 is 0 Å². The van der Waals surface area contributed by atoms with Crippen molar-refractivity contribution >= 4 is 17.3 Å². The maximum Gasteiger partial charge on any atom is 0.0868 e. The number of anilines is 1. The fraction of sp³-hybridized carbons (Fsp3) is 0.438. The van der Waals surface area contributed by atoms with E-state index in [1.807, 2.05) is 11.7 Å². The van der Waals surface area contributed by atoms with Crippen molar-refractivity contribution in [3.05, 3.63) is 46.2 Å². The standard InChI is InChI=1S/C16H21ClN4/c1-3-13-16(17)15(20(2)19-13)10-21-9-12(18)8-11-6-4-5-7-14(11)21/h4-7,12H,3,8-10,18H2,1-2H3. The number of aryl methyl sites for hydroxylation is 2. The number of hydrogen-bond donors (Lipinski definition) is 1. The molecule has 0 amide bonds. The van der Waals surface area contributed by atoms with E-state index in [0.29, 0.717) is 0 Å². The van der Waals surface area contributed by atoms with Crippen LogP contribution >= 0.6 is 11.6 Å². The molecular formula is C16H21ClN4. The molecule has 1 aromatic heterocycles. The van der Waals surface area contributed by atoms with Crippen molar-refractivity contribution in [3.63, 3.8) is 0 Å². The molecule has 2 aromatic rings. The minimum absolute atomic E-state index is 0.164. The van der Waals surface area contributed by atoms with Crippen LogP contribution in [0.25, 0.3) is 0 Å². The van der Waals surface area contributed by atoms with Crippen molar-refractivity contribution < 1.29 is 0 Å². The van der Waals surface area contributed by atoms with E-state index in [-0.39, 0.29) is 6.04 Å². The fourth-order valence-corrected chi connectivity index (χ4v) is 3.40. The average Bonchev–Trinajstić information content (AvgIpc) is 2.74. The first-order valence-electron chi connectivity index (χ1n) is 7.38. The Kier molecular flexibility index (Phi) is 3.91. The summed E-state index contributed by atoms with van der Waals surface area (Å²) >= 11 is 6.47. The number of rotatable bonds is 3. The molecular weight excluding hydrogens is 284 g/mol. The van der Waals surface area contributed by atoms with E-state index in [2.05, 4.69) is 41.2 Å². The lowest BCUT2D eigenvalue weighted by atomic mass is 9.98. The van der Waals surface area contributed by atoms with Crippen LogP contribution in [0.2, 0.25) is 5.02 Å². The van der Waals surface area contributed by atoms with Gasteiger partial charge in [0.1, 0.15) is 0 Å². The van der Waals surface area contributed by atoms with Gasteiger partial charge in [-0.3, -0.25) is 4.68 Å². The molecule has 0 bridgehead atoms. The molecule has 0 fully saturated rings. The molecule has 0 spiro atoms. The molecule has 112 valence electrons. The molecule has 5 heteroatoms. The van der Waals surface area contributed by atoms with Gasteiger partial charge in [-0.05, 0) is 24.5 Å². The number of nitrogens with zero attached hydrogens (tertiary/aromatic N) is 3. The number of aromatic nitrogens is 2. The van der Waals surface area contributed by atoms with Gasteiger partial charge in [-0.25, -0.2) is 0 Å². The highest BCUT2D eigenvalue weighted by atomic mass is 35.5. The second kappa shape index (κ2) is 5.70. The lowest BCUT2D eigenvalue weighted by molar-refractivity contribution is 0.583. The maximum atomic E-state index is 6.47. The van der Waals surface area contributed by atoms with Gasteiger partial charge in [-0.2, -0.15) is 5.10 Å². The normalized spacial score (nSPS) is 17.9. The quantitative estimate of drug-likeness (QED) is 0.948. The van der Waals surface area contributed by atoms with Crippen molar-refractivity contribution in [1.82, 2.24) is 9.78 Å². The van der Waals surface area contributed by atoms with Gasteiger partial charge >= 0.3 is 0 Å². The Labute approximate surface area is 130 Å². The van der Waals surface area contributed by atoms with E-state index in [1.54, 1.807) is 0 Å². The molecule has 1 unspecified atom stereocenters. The van der Waals surface area contributed by atoms with Crippen molar-refractivity contribution in [2.75, 3.05) is 11.4 Å². The molecule has 0 saturated heterocycles. The number of para-hydroxylation sites is 1. The summed E-state index contributed by atoms with van der Waals surface area (Å²) in [7, 11) is 1.95. The monoisotopic (exact) mass is 304 g/mol. The second-order valence-electron chi connectivity index (χ2n) is 5.66. The largest absolute Gasteiger partial charge is 0.364 e. The SMILES string of the molecule is CCc1nn(C)c(CN2CC(N)Cc3ccccc32)c1Cl. The topological polar surface area (TPSA) is 47.1 Å². The van der Waals surface area contributed by atoms with Crippen LogP contribution in [0.15, 0.2) is 24.3 Å². The maximum absolute atomic E-state index is 6.47. The third-order valence-electron chi connectivity index (χ3n) is 4.11. The van der Waals surface area contributed by atoms with E-state index in [1.165, 1.54) is 11.3 Å². The predicted octanol–water partition coefficient (Wildman–Crippen LogP) is 2.53. The minimum atomic E-state index is 0.164. The Morgan fingerprint density at radius 3 is 2.86 bits per heavy atom. The third-order valence-corrected chi connectivity index (χ3v) is 4.55. The van der Waals surface area contributed by atoms with Crippen LogP contribution in [0.1, 0.15) is 23.9 Å². The van der Waals surface area contributed by atoms with Gasteiger partial charge in [0.05, 0.1) is 23.0 Å². The zero-order valence-corrected chi connectivity index (χ0v) is 13.3. The summed E-state index contributed by atoms with van der Waals surface area (Å²) in [4.78, 5) is 2.31. The average molecular weight is 305 g/mol. The highest BCUT2D eigenvalue weighted by Gasteiger charge is 2.24. The van der Waals surface area contributed by atoms with Gasteiger partial charge in [-0.1, -0.05) is 36.7 Å². The number of halogens is 1. The first kappa shape index (κ1) is 14.4. The Morgan fingerprint density at radius 1 is 1.38 bits per heavy atom. The summed E-state index contributed by atoms with van der Waals surface area (Å²) in [5.74, 6) is 0. The molecule has 0 aliphatic carbocycles. The lowest BCUT2D eigenvalue weighted by Crippen LogP contribution is -2.43. The van der Waals surface area contributed by atoms with Gasteiger partial charge in [0.2, 0.25) is 0 Å². The van der Waals surface area contributed by atoms with Crippen LogP contribution in [0.3, 0.4) is 0 Å². The van der Waals surface area contributed by atoms with Gasteiger partial charge in [0.15, 0.2) is 0 Å². The Bertz CT molecular complexity index is 650. The number of fused-ring (bicyclic) bond motifs is 1. The molecule has 1 aliphatic rings. The van der Waals surface area contributed by atoms with Gasteiger partial charge in [-0.15, -0.1) is 0 Å². The minimum Gasteiger partial charge on any atom is -0.364 e. The van der Waals surface area contributed by atoms with Crippen molar-refractivity contribution in [2.24, 2.45) is 12.8 Å². The third kappa shape index (κ3) is 2.65.